The van der Waals surface area contributed by atoms with Crippen molar-refractivity contribution < 1.29 is 14.3 Å². The summed E-state index contributed by atoms with van der Waals surface area (Å²) in [5, 5.41) is 3.55. The maximum absolute atomic E-state index is 12.8. The average molecular weight is 490 g/mol. The molecular weight excluding hydrogens is 462 g/mol. The lowest BCUT2D eigenvalue weighted by Gasteiger charge is -2.17. The van der Waals surface area contributed by atoms with Gasteiger partial charge in [-0.1, -0.05) is 41.9 Å². The fraction of sp³-hybridized carbons (Fsp3) is 0.214. The van der Waals surface area contributed by atoms with E-state index < -0.39 is 0 Å². The lowest BCUT2D eigenvalue weighted by atomic mass is 10.1. The number of nitrogens with zero attached hydrogens (tertiary/aromatic N) is 2. The van der Waals surface area contributed by atoms with Gasteiger partial charge in [-0.2, -0.15) is 0 Å². The minimum Gasteiger partial charge on any atom is -0.493 e. The van der Waals surface area contributed by atoms with Crippen molar-refractivity contribution in [1.82, 2.24) is 14.9 Å². The van der Waals surface area contributed by atoms with Crippen LogP contribution in [0, 0.1) is 0 Å². The molecular formula is C28H28ClN3O3. The predicted molar refractivity (Wildman–Crippen MR) is 139 cm³/mol. The molecule has 1 N–H and O–H groups in total. The van der Waals surface area contributed by atoms with E-state index in [1.165, 1.54) is 0 Å². The molecule has 1 aromatic heterocycles. The van der Waals surface area contributed by atoms with E-state index in [1.54, 1.807) is 31.4 Å². The Kier molecular flexibility index (Phi) is 7.73. The van der Waals surface area contributed by atoms with Crippen LogP contribution in [0.5, 0.6) is 11.5 Å². The quantitative estimate of drug-likeness (QED) is 0.277. The second-order valence-electron chi connectivity index (χ2n) is 8.14. The lowest BCUT2D eigenvalue weighted by Crippen LogP contribution is -2.29. The molecule has 6 nitrogen and oxygen atoms in total. The smallest absolute Gasteiger partial charge is 0.251 e. The first kappa shape index (κ1) is 24.4. The number of benzene rings is 3. The molecule has 7 heteroatoms. The number of allylic oxidation sites excluding steroid dienone is 1. The van der Waals surface area contributed by atoms with Crippen molar-refractivity contribution in [3.8, 4) is 11.5 Å². The molecule has 0 aliphatic rings. The zero-order valence-electron chi connectivity index (χ0n) is 19.8. The van der Waals surface area contributed by atoms with Gasteiger partial charge < -0.3 is 19.4 Å². The van der Waals surface area contributed by atoms with Gasteiger partial charge in [-0.25, -0.2) is 4.98 Å². The molecule has 0 fully saturated rings. The summed E-state index contributed by atoms with van der Waals surface area (Å²) in [6.45, 7) is 6.65. The fourth-order valence-electron chi connectivity index (χ4n) is 4.01. The number of hydrogen-bond acceptors (Lipinski definition) is 4. The molecule has 0 spiro atoms. The molecule has 0 bridgehead atoms. The van der Waals surface area contributed by atoms with Gasteiger partial charge in [0.25, 0.3) is 5.91 Å². The van der Waals surface area contributed by atoms with Gasteiger partial charge in [0.2, 0.25) is 0 Å². The Morgan fingerprint density at radius 2 is 1.97 bits per heavy atom. The van der Waals surface area contributed by atoms with Crippen molar-refractivity contribution in [2.24, 2.45) is 0 Å². The largest absolute Gasteiger partial charge is 0.493 e. The van der Waals surface area contributed by atoms with Crippen molar-refractivity contribution >= 4 is 28.5 Å². The molecule has 0 saturated heterocycles. The summed E-state index contributed by atoms with van der Waals surface area (Å²) in [6.07, 6.45) is 2.62. The highest BCUT2D eigenvalue weighted by Crippen LogP contribution is 2.29. The van der Waals surface area contributed by atoms with E-state index in [9.17, 15) is 4.79 Å². The molecule has 1 atom stereocenters. The molecule has 35 heavy (non-hydrogen) atoms. The summed E-state index contributed by atoms with van der Waals surface area (Å²) < 4.78 is 13.7. The van der Waals surface area contributed by atoms with E-state index in [0.29, 0.717) is 35.2 Å². The van der Waals surface area contributed by atoms with Crippen LogP contribution < -0.4 is 14.8 Å². The van der Waals surface area contributed by atoms with Gasteiger partial charge in [-0.05, 0) is 61.4 Å². The summed E-state index contributed by atoms with van der Waals surface area (Å²) >= 11 is 6.05. The Morgan fingerprint density at radius 1 is 1.14 bits per heavy atom. The lowest BCUT2D eigenvalue weighted by molar-refractivity contribution is 0.0937. The van der Waals surface area contributed by atoms with E-state index in [2.05, 4.69) is 16.5 Å². The zero-order valence-corrected chi connectivity index (χ0v) is 20.6. The Labute approximate surface area is 210 Å². The van der Waals surface area contributed by atoms with Crippen LogP contribution in [0.1, 0.15) is 34.7 Å². The van der Waals surface area contributed by atoms with Gasteiger partial charge in [0.05, 0.1) is 30.7 Å². The average Bonchev–Trinajstić information content (AvgIpc) is 3.23. The Hall–Kier alpha value is -3.77. The molecule has 4 aromatic rings. The summed E-state index contributed by atoms with van der Waals surface area (Å²) in [6, 6.07) is 20.3. The maximum Gasteiger partial charge on any atom is 0.251 e. The second kappa shape index (κ2) is 11.1. The molecule has 4 rings (SSSR count). The van der Waals surface area contributed by atoms with Crippen LogP contribution in [0.15, 0.2) is 79.4 Å². The van der Waals surface area contributed by atoms with E-state index >= 15 is 0 Å². The van der Waals surface area contributed by atoms with Gasteiger partial charge in [-0.3, -0.25) is 4.79 Å². The Bertz CT molecular complexity index is 1350. The number of carbonyl (C=O) groups excluding carboxylic acids is 1. The SMILES string of the molecule is C=CCc1ccc(OCCn2c(C(C)NC(=O)c3cccc(Cl)c3)nc3ccccc32)c(OC)c1. The number of amides is 1. The Balaban J connectivity index is 1.53. The van der Waals surface area contributed by atoms with Crippen LogP contribution >= 0.6 is 11.6 Å². The molecule has 0 radical (unpaired) electrons. The first-order valence-corrected chi connectivity index (χ1v) is 11.8. The number of nitrogens with one attached hydrogen (secondary N) is 1. The number of fused-ring (bicyclic) bond motifs is 1. The number of ether oxygens (including phenoxy) is 2. The van der Waals surface area contributed by atoms with Crippen molar-refractivity contribution in [3.63, 3.8) is 0 Å². The number of carbonyl (C=O) groups is 1. The third-order valence-corrected chi connectivity index (χ3v) is 5.92. The number of methoxy groups -OCH3 is 1. The normalized spacial score (nSPS) is 11.7. The zero-order chi connectivity index (χ0) is 24.8. The minimum absolute atomic E-state index is 0.209. The second-order valence-corrected chi connectivity index (χ2v) is 8.58. The topological polar surface area (TPSA) is 65.4 Å². The van der Waals surface area contributed by atoms with Gasteiger partial charge in [-0.15, -0.1) is 6.58 Å². The van der Waals surface area contributed by atoms with Gasteiger partial charge >= 0.3 is 0 Å². The summed E-state index contributed by atoms with van der Waals surface area (Å²) in [4.78, 5) is 17.6. The number of halogens is 1. The summed E-state index contributed by atoms with van der Waals surface area (Å²) in [5.74, 6) is 1.90. The summed E-state index contributed by atoms with van der Waals surface area (Å²) in [7, 11) is 1.63. The highest BCUT2D eigenvalue weighted by molar-refractivity contribution is 6.30. The van der Waals surface area contributed by atoms with Crippen LogP contribution in [-0.2, 0) is 13.0 Å². The standard InChI is InChI=1S/C28H28ClN3O3/c1-4-8-20-13-14-25(26(17-20)34-3)35-16-15-32-24-12-6-5-11-23(24)31-27(32)19(2)30-28(33)21-9-7-10-22(29)18-21/h4-7,9-14,17-19H,1,8,15-16H2,2-3H3,(H,30,33). The number of rotatable bonds is 10. The molecule has 0 saturated carbocycles. The van der Waals surface area contributed by atoms with Gasteiger partial charge in [0.15, 0.2) is 11.5 Å². The van der Waals surface area contributed by atoms with E-state index in [1.807, 2.05) is 55.5 Å². The Morgan fingerprint density at radius 3 is 2.74 bits per heavy atom. The number of hydrogen-bond donors (Lipinski definition) is 1. The fourth-order valence-corrected chi connectivity index (χ4v) is 4.20. The van der Waals surface area contributed by atoms with E-state index in [0.717, 1.165) is 28.8 Å². The molecule has 1 amide bonds. The molecule has 0 aliphatic carbocycles. The minimum atomic E-state index is -0.332. The molecule has 180 valence electrons. The molecule has 0 aliphatic heterocycles. The maximum atomic E-state index is 12.8. The summed E-state index contributed by atoms with van der Waals surface area (Å²) in [5.41, 5.74) is 3.44. The van der Waals surface area contributed by atoms with Crippen molar-refractivity contribution in [2.75, 3.05) is 13.7 Å². The van der Waals surface area contributed by atoms with Crippen LogP contribution in [0.4, 0.5) is 0 Å². The van der Waals surface area contributed by atoms with Gasteiger partial charge in [0, 0.05) is 10.6 Å². The predicted octanol–water partition coefficient (Wildman–Crippen LogP) is 6.00. The third-order valence-electron chi connectivity index (χ3n) is 5.69. The monoisotopic (exact) mass is 489 g/mol. The highest BCUT2D eigenvalue weighted by Gasteiger charge is 2.19. The van der Waals surface area contributed by atoms with Crippen LogP contribution in [0.3, 0.4) is 0 Å². The number of aromatic nitrogens is 2. The first-order valence-electron chi connectivity index (χ1n) is 11.4. The van der Waals surface area contributed by atoms with Crippen molar-refractivity contribution in [1.29, 1.82) is 0 Å². The van der Waals surface area contributed by atoms with Crippen molar-refractivity contribution in [3.05, 3.63) is 101 Å². The molecule has 3 aromatic carbocycles. The third kappa shape index (κ3) is 5.66. The first-order chi connectivity index (χ1) is 17.0. The number of para-hydroxylation sites is 2. The number of imidazole rings is 1. The molecule has 1 heterocycles. The van der Waals surface area contributed by atoms with E-state index in [4.69, 9.17) is 26.1 Å². The van der Waals surface area contributed by atoms with Crippen LogP contribution in [0.25, 0.3) is 11.0 Å². The van der Waals surface area contributed by atoms with Crippen molar-refractivity contribution in [2.45, 2.75) is 25.9 Å². The van der Waals surface area contributed by atoms with Gasteiger partial charge in [0.1, 0.15) is 12.4 Å². The van der Waals surface area contributed by atoms with E-state index in [-0.39, 0.29) is 11.9 Å². The van der Waals surface area contributed by atoms with Crippen LogP contribution in [-0.4, -0.2) is 29.2 Å². The molecule has 1 unspecified atom stereocenters. The highest BCUT2D eigenvalue weighted by atomic mass is 35.5. The van der Waals surface area contributed by atoms with Crippen LogP contribution in [0.2, 0.25) is 5.02 Å².